The molecule has 1 fully saturated rings. The van der Waals surface area contributed by atoms with Crippen molar-refractivity contribution in [1.29, 1.82) is 0 Å². The first kappa shape index (κ1) is 20.6. The largest absolute Gasteiger partial charge is 0.381 e. The zero-order valence-electron chi connectivity index (χ0n) is 17.3. The normalized spacial score (nSPS) is 15.7. The quantitative estimate of drug-likeness (QED) is 0.444. The number of carbonyl (C=O) groups is 1. The Bertz CT molecular complexity index is 853. The average Bonchev–Trinajstić information content (AvgIpc) is 2.75. The maximum atomic E-state index is 12.4. The second-order valence-electron chi connectivity index (χ2n) is 7.43. The van der Waals surface area contributed by atoms with Gasteiger partial charge in [-0.3, -0.25) is 4.79 Å². The fourth-order valence-electron chi connectivity index (χ4n) is 3.32. The topological polar surface area (TPSA) is 92.8 Å². The van der Waals surface area contributed by atoms with E-state index in [0.29, 0.717) is 5.56 Å². The molecule has 1 saturated heterocycles. The van der Waals surface area contributed by atoms with Crippen LogP contribution in [0.3, 0.4) is 0 Å². The Balaban J connectivity index is 1.59. The van der Waals surface area contributed by atoms with Crippen LogP contribution in [0.1, 0.15) is 42.9 Å². The maximum absolute atomic E-state index is 12.4. The Morgan fingerprint density at radius 3 is 2.48 bits per heavy atom. The molecule has 1 aromatic heterocycles. The van der Waals surface area contributed by atoms with E-state index in [2.05, 4.69) is 20.4 Å². The number of amidine groups is 1. The maximum Gasteiger partial charge on any atom is 0.268 e. The van der Waals surface area contributed by atoms with Crippen LogP contribution in [0.2, 0.25) is 0 Å². The smallest absolute Gasteiger partial charge is 0.268 e. The van der Waals surface area contributed by atoms with Crippen molar-refractivity contribution in [2.24, 2.45) is 10.9 Å². The van der Waals surface area contributed by atoms with Gasteiger partial charge in [-0.15, -0.1) is 0 Å². The third-order valence-corrected chi connectivity index (χ3v) is 5.13. The first-order valence-electron chi connectivity index (χ1n) is 10.0. The number of pyridine rings is 1. The van der Waals surface area contributed by atoms with Crippen molar-refractivity contribution >= 4 is 23.2 Å². The summed E-state index contributed by atoms with van der Waals surface area (Å²) in [5.74, 6) is 0.857. The van der Waals surface area contributed by atoms with Crippen molar-refractivity contribution in [3.63, 3.8) is 0 Å². The van der Waals surface area contributed by atoms with Crippen molar-refractivity contribution in [2.45, 2.75) is 46.1 Å². The Hall–Kier alpha value is -3.09. The molecule has 0 bridgehead atoms. The number of nitrogens with two attached hydrogens (primary N) is 1. The van der Waals surface area contributed by atoms with Crippen LogP contribution in [0.15, 0.2) is 41.7 Å². The third-order valence-electron chi connectivity index (χ3n) is 5.13. The van der Waals surface area contributed by atoms with E-state index >= 15 is 0 Å². The Morgan fingerprint density at radius 1 is 1.17 bits per heavy atom. The van der Waals surface area contributed by atoms with Gasteiger partial charge < -0.3 is 20.8 Å². The number of para-hydroxylation sites is 1. The lowest BCUT2D eigenvalue weighted by Gasteiger charge is -2.27. The molecule has 1 unspecified atom stereocenters. The molecule has 3 N–H and O–H groups in total. The van der Waals surface area contributed by atoms with Crippen LogP contribution in [0.5, 0.6) is 0 Å². The van der Waals surface area contributed by atoms with E-state index in [0.717, 1.165) is 35.7 Å². The highest BCUT2D eigenvalue weighted by Crippen LogP contribution is 2.20. The summed E-state index contributed by atoms with van der Waals surface area (Å²) in [5, 5.41) is 6.82. The van der Waals surface area contributed by atoms with Crippen LogP contribution in [0.25, 0.3) is 0 Å². The predicted molar refractivity (Wildman–Crippen MR) is 116 cm³/mol. The van der Waals surface area contributed by atoms with E-state index < -0.39 is 6.10 Å². The van der Waals surface area contributed by atoms with Crippen LogP contribution in [-0.2, 0) is 9.63 Å². The molecule has 1 atom stereocenters. The summed E-state index contributed by atoms with van der Waals surface area (Å²) in [6, 6.07) is 9.67. The van der Waals surface area contributed by atoms with Crippen LogP contribution in [-0.4, -0.2) is 35.9 Å². The van der Waals surface area contributed by atoms with Gasteiger partial charge in [0, 0.05) is 30.5 Å². The molecule has 0 radical (unpaired) electrons. The minimum absolute atomic E-state index is 0.189. The number of anilines is 2. The molecule has 1 aromatic carbocycles. The van der Waals surface area contributed by atoms with Crippen LogP contribution in [0, 0.1) is 13.8 Å². The molecule has 0 saturated carbocycles. The molecule has 2 aromatic rings. The van der Waals surface area contributed by atoms with E-state index in [-0.39, 0.29) is 11.7 Å². The molecule has 1 aliphatic heterocycles. The molecule has 0 spiro atoms. The predicted octanol–water partition coefficient (Wildman–Crippen LogP) is 3.35. The van der Waals surface area contributed by atoms with E-state index in [9.17, 15) is 4.79 Å². The lowest BCUT2D eigenvalue weighted by molar-refractivity contribution is -0.126. The molecule has 3 rings (SSSR count). The fraction of sp³-hybridized carbons (Fsp3) is 0.409. The van der Waals surface area contributed by atoms with Gasteiger partial charge in [0.1, 0.15) is 5.82 Å². The van der Waals surface area contributed by atoms with Gasteiger partial charge in [0.2, 0.25) is 6.10 Å². The molecule has 7 nitrogen and oxygen atoms in total. The zero-order chi connectivity index (χ0) is 20.8. The molecule has 7 heteroatoms. The second kappa shape index (κ2) is 9.41. The number of rotatable bonds is 6. The van der Waals surface area contributed by atoms with Crippen molar-refractivity contribution in [3.05, 3.63) is 53.2 Å². The average molecular weight is 396 g/mol. The number of nitrogens with zero attached hydrogens (tertiary/aromatic N) is 3. The molecule has 1 aliphatic rings. The van der Waals surface area contributed by atoms with Gasteiger partial charge in [0.15, 0.2) is 5.84 Å². The Kier molecular flexibility index (Phi) is 6.69. The molecule has 2 heterocycles. The number of hydrogen-bond donors (Lipinski definition) is 2. The number of hydrogen-bond acceptors (Lipinski definition) is 5. The SMILES string of the molecule is Cc1cccc(C)c1NC(=O)C(C)ON=C(N)c1ccc(N2CCCCC2)nc1. The van der Waals surface area contributed by atoms with Gasteiger partial charge >= 0.3 is 0 Å². The van der Waals surface area contributed by atoms with Gasteiger partial charge in [0.05, 0.1) is 0 Å². The molecule has 154 valence electrons. The third kappa shape index (κ3) is 5.25. The van der Waals surface area contributed by atoms with Gasteiger partial charge in [-0.05, 0) is 63.3 Å². The summed E-state index contributed by atoms with van der Waals surface area (Å²) >= 11 is 0. The zero-order valence-corrected chi connectivity index (χ0v) is 17.3. The van der Waals surface area contributed by atoms with Crippen molar-refractivity contribution in [2.75, 3.05) is 23.3 Å². The minimum atomic E-state index is -0.784. The summed E-state index contributed by atoms with van der Waals surface area (Å²) in [5.41, 5.74) is 9.45. The van der Waals surface area contributed by atoms with Gasteiger partial charge in [-0.1, -0.05) is 23.4 Å². The van der Waals surface area contributed by atoms with Gasteiger partial charge in [-0.2, -0.15) is 0 Å². The highest BCUT2D eigenvalue weighted by molar-refractivity contribution is 5.97. The van der Waals surface area contributed by atoms with Crippen molar-refractivity contribution < 1.29 is 9.63 Å². The van der Waals surface area contributed by atoms with E-state index in [4.69, 9.17) is 10.6 Å². The standard InChI is InChI=1S/C22H29N5O2/c1-15-8-7-9-16(2)20(15)25-22(28)17(3)29-26-21(23)18-10-11-19(24-14-18)27-12-5-4-6-13-27/h7-11,14,17H,4-6,12-13H2,1-3H3,(H2,23,26)(H,25,28). The number of aryl methyl sites for hydroxylation is 2. The number of aromatic nitrogens is 1. The lowest BCUT2D eigenvalue weighted by atomic mass is 10.1. The van der Waals surface area contributed by atoms with Gasteiger partial charge in [0.25, 0.3) is 5.91 Å². The monoisotopic (exact) mass is 395 g/mol. The molecule has 29 heavy (non-hydrogen) atoms. The highest BCUT2D eigenvalue weighted by Gasteiger charge is 2.17. The molecule has 0 aliphatic carbocycles. The van der Waals surface area contributed by atoms with Crippen molar-refractivity contribution in [3.8, 4) is 0 Å². The number of amides is 1. The highest BCUT2D eigenvalue weighted by atomic mass is 16.6. The number of carbonyl (C=O) groups excluding carboxylic acids is 1. The Labute approximate surface area is 171 Å². The number of oxime groups is 1. The van der Waals surface area contributed by atoms with E-state index in [1.165, 1.54) is 19.3 Å². The first-order chi connectivity index (χ1) is 14.0. The number of nitrogens with one attached hydrogen (secondary N) is 1. The van der Waals surface area contributed by atoms with Gasteiger partial charge in [-0.25, -0.2) is 4.98 Å². The first-order valence-corrected chi connectivity index (χ1v) is 10.0. The number of benzene rings is 1. The lowest BCUT2D eigenvalue weighted by Crippen LogP contribution is -2.30. The summed E-state index contributed by atoms with van der Waals surface area (Å²) in [4.78, 5) is 24.5. The summed E-state index contributed by atoms with van der Waals surface area (Å²) in [6.45, 7) is 7.60. The van der Waals surface area contributed by atoms with Crippen LogP contribution >= 0.6 is 0 Å². The fourth-order valence-corrected chi connectivity index (χ4v) is 3.32. The summed E-state index contributed by atoms with van der Waals surface area (Å²) in [7, 11) is 0. The molecular weight excluding hydrogens is 366 g/mol. The van der Waals surface area contributed by atoms with E-state index in [1.54, 1.807) is 13.1 Å². The van der Waals surface area contributed by atoms with Crippen LogP contribution < -0.4 is 16.0 Å². The van der Waals surface area contributed by atoms with Crippen molar-refractivity contribution in [1.82, 2.24) is 4.98 Å². The molecule has 1 amide bonds. The summed E-state index contributed by atoms with van der Waals surface area (Å²) in [6.07, 6.45) is 4.58. The summed E-state index contributed by atoms with van der Waals surface area (Å²) < 4.78 is 0. The minimum Gasteiger partial charge on any atom is -0.381 e. The van der Waals surface area contributed by atoms with E-state index in [1.807, 2.05) is 44.2 Å². The second-order valence-corrected chi connectivity index (χ2v) is 7.43. The van der Waals surface area contributed by atoms with Crippen LogP contribution in [0.4, 0.5) is 11.5 Å². The molecular formula is C22H29N5O2. The number of piperidine rings is 1. The Morgan fingerprint density at radius 2 is 1.86 bits per heavy atom.